The van der Waals surface area contributed by atoms with Crippen molar-refractivity contribution in [2.24, 2.45) is 0 Å². The molecule has 1 fully saturated rings. The molecule has 1 aliphatic rings. The van der Waals surface area contributed by atoms with Crippen molar-refractivity contribution in [3.05, 3.63) is 65.1 Å². The topological polar surface area (TPSA) is 63.0 Å². The molecule has 2 aromatic rings. The minimum Gasteiger partial charge on any atom is -0.465 e. The van der Waals surface area contributed by atoms with Crippen molar-refractivity contribution in [3.63, 3.8) is 0 Å². The number of esters is 1. The predicted octanol–water partition coefficient (Wildman–Crippen LogP) is 3.39. The van der Waals surface area contributed by atoms with Gasteiger partial charge in [-0.3, -0.25) is 9.69 Å². The van der Waals surface area contributed by atoms with E-state index in [2.05, 4.69) is 0 Å². The van der Waals surface area contributed by atoms with Gasteiger partial charge in [-0.1, -0.05) is 23.7 Å². The molecular formula is C21H23ClN2O4. The van der Waals surface area contributed by atoms with Crippen molar-refractivity contribution in [2.45, 2.75) is 13.0 Å². The number of furan rings is 1. The van der Waals surface area contributed by atoms with Crippen LogP contribution in [0, 0.1) is 0 Å². The third-order valence-electron chi connectivity index (χ3n) is 4.62. The Hall–Kier alpha value is -2.57. The summed E-state index contributed by atoms with van der Waals surface area (Å²) < 4.78 is 10.5. The Balaban J connectivity index is 1.65. The van der Waals surface area contributed by atoms with Crippen LogP contribution in [0.5, 0.6) is 0 Å². The maximum absolute atomic E-state index is 12.6. The molecular weight excluding hydrogens is 380 g/mol. The van der Waals surface area contributed by atoms with Crippen molar-refractivity contribution in [3.8, 4) is 0 Å². The summed E-state index contributed by atoms with van der Waals surface area (Å²) in [4.78, 5) is 28.8. The molecule has 1 aromatic carbocycles. The van der Waals surface area contributed by atoms with E-state index >= 15 is 0 Å². The monoisotopic (exact) mass is 402 g/mol. The van der Waals surface area contributed by atoms with Crippen molar-refractivity contribution in [1.29, 1.82) is 0 Å². The molecule has 28 heavy (non-hydrogen) atoms. The Morgan fingerprint density at radius 2 is 1.89 bits per heavy atom. The summed E-state index contributed by atoms with van der Waals surface area (Å²) in [5, 5.41) is 0.616. The lowest BCUT2D eigenvalue weighted by molar-refractivity contribution is -0.151. The number of benzene rings is 1. The molecule has 1 aliphatic heterocycles. The van der Waals surface area contributed by atoms with E-state index in [1.807, 2.05) is 17.0 Å². The van der Waals surface area contributed by atoms with Gasteiger partial charge in [0.15, 0.2) is 0 Å². The molecule has 7 heteroatoms. The van der Waals surface area contributed by atoms with E-state index in [1.165, 1.54) is 6.08 Å². The van der Waals surface area contributed by atoms with Crippen molar-refractivity contribution in [2.75, 3.05) is 32.8 Å². The van der Waals surface area contributed by atoms with Gasteiger partial charge >= 0.3 is 5.97 Å². The van der Waals surface area contributed by atoms with Crippen LogP contribution in [0.1, 0.15) is 24.3 Å². The first-order valence-electron chi connectivity index (χ1n) is 9.25. The van der Waals surface area contributed by atoms with Gasteiger partial charge in [0.1, 0.15) is 11.8 Å². The zero-order chi connectivity index (χ0) is 19.9. The second kappa shape index (κ2) is 9.57. The van der Waals surface area contributed by atoms with Crippen molar-refractivity contribution >= 4 is 29.6 Å². The first-order chi connectivity index (χ1) is 13.6. The number of rotatable bonds is 6. The standard InChI is InChI=1S/C21H23ClN2O4/c1-2-27-21(26)20(16-5-7-17(22)8-6-16)24-13-11-23(12-14-24)19(25)10-9-18-4-3-15-28-18/h3-10,15,20H,2,11-14H2,1H3/b10-9+. The molecule has 1 saturated heterocycles. The van der Waals surface area contributed by atoms with E-state index in [9.17, 15) is 9.59 Å². The van der Waals surface area contributed by atoms with Crippen LogP contribution in [-0.4, -0.2) is 54.5 Å². The quantitative estimate of drug-likeness (QED) is 0.547. The summed E-state index contributed by atoms with van der Waals surface area (Å²) in [7, 11) is 0. The molecule has 1 amide bonds. The third-order valence-corrected chi connectivity index (χ3v) is 4.87. The number of carbonyl (C=O) groups excluding carboxylic acids is 2. The Kier molecular flexibility index (Phi) is 6.90. The SMILES string of the molecule is CCOC(=O)C(c1ccc(Cl)cc1)N1CCN(C(=O)/C=C/c2ccco2)CC1. The number of hydrogen-bond donors (Lipinski definition) is 0. The molecule has 148 valence electrons. The first-order valence-corrected chi connectivity index (χ1v) is 9.63. The van der Waals surface area contributed by atoms with Crippen LogP contribution in [0.2, 0.25) is 5.02 Å². The molecule has 0 aliphatic carbocycles. The van der Waals surface area contributed by atoms with E-state index in [0.29, 0.717) is 43.6 Å². The molecule has 0 saturated carbocycles. The summed E-state index contributed by atoms with van der Waals surface area (Å²) in [6.45, 7) is 4.33. The van der Waals surface area contributed by atoms with Gasteiger partial charge in [-0.2, -0.15) is 0 Å². The number of nitrogens with zero attached hydrogens (tertiary/aromatic N) is 2. The lowest BCUT2D eigenvalue weighted by atomic mass is 10.0. The minimum atomic E-state index is -0.506. The lowest BCUT2D eigenvalue weighted by Gasteiger charge is -2.38. The summed E-state index contributed by atoms with van der Waals surface area (Å²) in [5.41, 5.74) is 0.834. The molecule has 0 spiro atoms. The van der Waals surface area contributed by atoms with E-state index in [0.717, 1.165) is 5.56 Å². The van der Waals surface area contributed by atoms with Crippen LogP contribution >= 0.6 is 11.6 Å². The smallest absolute Gasteiger partial charge is 0.328 e. The van der Waals surface area contributed by atoms with Gasteiger partial charge in [-0.05, 0) is 42.8 Å². The minimum absolute atomic E-state index is 0.0739. The number of halogens is 1. The van der Waals surface area contributed by atoms with Crippen LogP contribution in [0.3, 0.4) is 0 Å². The lowest BCUT2D eigenvalue weighted by Crippen LogP contribution is -2.50. The zero-order valence-electron chi connectivity index (χ0n) is 15.7. The van der Waals surface area contributed by atoms with Crippen molar-refractivity contribution < 1.29 is 18.7 Å². The van der Waals surface area contributed by atoms with E-state index in [4.69, 9.17) is 20.8 Å². The van der Waals surface area contributed by atoms with Gasteiger partial charge in [-0.25, -0.2) is 4.79 Å². The number of hydrogen-bond acceptors (Lipinski definition) is 5. The van der Waals surface area contributed by atoms with Gasteiger partial charge < -0.3 is 14.1 Å². The molecule has 1 aromatic heterocycles. The summed E-state index contributed by atoms with van der Waals surface area (Å²) in [6, 6.07) is 10.3. The maximum Gasteiger partial charge on any atom is 0.328 e. The average Bonchev–Trinajstić information content (AvgIpc) is 3.22. The van der Waals surface area contributed by atoms with E-state index < -0.39 is 6.04 Å². The van der Waals surface area contributed by atoms with Gasteiger partial charge in [0.2, 0.25) is 5.91 Å². The highest BCUT2D eigenvalue weighted by Gasteiger charge is 2.32. The second-order valence-electron chi connectivity index (χ2n) is 6.42. The molecule has 1 atom stereocenters. The normalized spacial score (nSPS) is 16.3. The summed E-state index contributed by atoms with van der Waals surface area (Å²) >= 11 is 5.98. The van der Waals surface area contributed by atoms with Gasteiger partial charge in [0.25, 0.3) is 0 Å². The number of carbonyl (C=O) groups is 2. The van der Waals surface area contributed by atoms with Gasteiger partial charge in [0, 0.05) is 37.3 Å². The summed E-state index contributed by atoms with van der Waals surface area (Å²) in [5.74, 6) is 0.273. The third kappa shape index (κ3) is 5.03. The molecule has 0 bridgehead atoms. The van der Waals surface area contributed by atoms with Crippen LogP contribution in [0.4, 0.5) is 0 Å². The highest BCUT2D eigenvalue weighted by Crippen LogP contribution is 2.25. The Morgan fingerprint density at radius 1 is 1.18 bits per heavy atom. The van der Waals surface area contributed by atoms with Crippen LogP contribution in [0.15, 0.2) is 53.2 Å². The highest BCUT2D eigenvalue weighted by molar-refractivity contribution is 6.30. The van der Waals surface area contributed by atoms with Gasteiger partial charge in [0.05, 0.1) is 12.9 Å². The molecule has 1 unspecified atom stereocenters. The molecule has 2 heterocycles. The Labute approximate surface area is 169 Å². The Morgan fingerprint density at radius 3 is 2.50 bits per heavy atom. The van der Waals surface area contributed by atoms with Crippen LogP contribution < -0.4 is 0 Å². The fourth-order valence-corrected chi connectivity index (χ4v) is 3.33. The van der Waals surface area contributed by atoms with Crippen LogP contribution in [0.25, 0.3) is 6.08 Å². The number of ether oxygens (including phenoxy) is 1. The van der Waals surface area contributed by atoms with Crippen LogP contribution in [-0.2, 0) is 14.3 Å². The molecule has 3 rings (SSSR count). The Bertz CT molecular complexity index is 809. The van der Waals surface area contributed by atoms with E-state index in [1.54, 1.807) is 48.4 Å². The summed E-state index contributed by atoms with van der Waals surface area (Å²) in [6.07, 6.45) is 4.73. The molecule has 0 radical (unpaired) electrons. The molecule has 6 nitrogen and oxygen atoms in total. The van der Waals surface area contributed by atoms with Gasteiger partial charge in [-0.15, -0.1) is 0 Å². The second-order valence-corrected chi connectivity index (χ2v) is 6.85. The zero-order valence-corrected chi connectivity index (χ0v) is 16.5. The maximum atomic E-state index is 12.6. The van der Waals surface area contributed by atoms with Crippen molar-refractivity contribution in [1.82, 2.24) is 9.80 Å². The largest absolute Gasteiger partial charge is 0.465 e. The molecule has 0 N–H and O–H groups in total. The first kappa shape index (κ1) is 20.2. The fourth-order valence-electron chi connectivity index (χ4n) is 3.21. The average molecular weight is 403 g/mol. The fraction of sp³-hybridized carbons (Fsp3) is 0.333. The van der Waals surface area contributed by atoms with E-state index in [-0.39, 0.29) is 11.9 Å². The number of piperazine rings is 1. The predicted molar refractivity (Wildman–Crippen MR) is 107 cm³/mol. The number of amides is 1. The highest BCUT2D eigenvalue weighted by atomic mass is 35.5.